The Morgan fingerprint density at radius 2 is 1.93 bits per heavy atom. The average Bonchev–Trinajstić information content (AvgIpc) is 3.14. The van der Waals surface area contributed by atoms with Crippen LogP contribution in [0.15, 0.2) is 46.7 Å². The van der Waals surface area contributed by atoms with Gasteiger partial charge in [0.15, 0.2) is 0 Å². The summed E-state index contributed by atoms with van der Waals surface area (Å²) >= 11 is 1.33. The first-order valence-corrected chi connectivity index (χ1v) is 11.0. The molecule has 0 unspecified atom stereocenters. The summed E-state index contributed by atoms with van der Waals surface area (Å²) in [6.07, 6.45) is 0.337. The van der Waals surface area contributed by atoms with E-state index in [1.54, 1.807) is 41.8 Å². The zero-order valence-electron chi connectivity index (χ0n) is 14.7. The van der Waals surface area contributed by atoms with Crippen LogP contribution in [-0.4, -0.2) is 51.4 Å². The maximum absolute atomic E-state index is 12.6. The van der Waals surface area contributed by atoms with Gasteiger partial charge in [-0.3, -0.25) is 4.79 Å². The van der Waals surface area contributed by atoms with Crippen LogP contribution in [0.3, 0.4) is 0 Å². The molecule has 7 nitrogen and oxygen atoms in total. The van der Waals surface area contributed by atoms with Crippen molar-refractivity contribution < 1.29 is 18.1 Å². The van der Waals surface area contributed by atoms with Gasteiger partial charge in [-0.2, -0.15) is 9.57 Å². The second kappa shape index (κ2) is 8.63. The molecule has 2 aromatic rings. The van der Waals surface area contributed by atoms with E-state index >= 15 is 0 Å². The highest BCUT2D eigenvalue weighted by Crippen LogP contribution is 2.22. The number of nitriles is 1. The number of rotatable bonds is 6. The fraction of sp³-hybridized carbons (Fsp3) is 0.333. The fourth-order valence-corrected chi connectivity index (χ4v) is 5.22. The smallest absolute Gasteiger partial charge is 0.243 e. The van der Waals surface area contributed by atoms with E-state index < -0.39 is 10.0 Å². The Morgan fingerprint density at radius 1 is 1.22 bits per heavy atom. The van der Waals surface area contributed by atoms with Crippen molar-refractivity contribution in [3.05, 3.63) is 47.3 Å². The zero-order valence-corrected chi connectivity index (χ0v) is 16.4. The van der Waals surface area contributed by atoms with E-state index in [0.717, 1.165) is 0 Å². The second-order valence-electron chi connectivity index (χ2n) is 6.29. The molecule has 2 heterocycles. The lowest BCUT2D eigenvalue weighted by Crippen LogP contribution is -3.14. The van der Waals surface area contributed by atoms with E-state index in [1.165, 1.54) is 20.5 Å². The molecule has 9 heteroatoms. The summed E-state index contributed by atoms with van der Waals surface area (Å²) in [7, 11) is -3.45. The Morgan fingerprint density at radius 3 is 2.59 bits per heavy atom. The number of carbonyl (C=O) groups is 1. The summed E-state index contributed by atoms with van der Waals surface area (Å²) in [4.78, 5) is 13.6. The van der Waals surface area contributed by atoms with Crippen molar-refractivity contribution >= 4 is 32.3 Å². The molecule has 142 valence electrons. The highest BCUT2D eigenvalue weighted by Gasteiger charge is 2.30. The van der Waals surface area contributed by atoms with Crippen LogP contribution in [-0.2, 0) is 14.8 Å². The summed E-state index contributed by atoms with van der Waals surface area (Å²) in [5, 5.41) is 14.1. The van der Waals surface area contributed by atoms with Crippen LogP contribution >= 0.6 is 11.3 Å². The molecule has 27 heavy (non-hydrogen) atoms. The van der Waals surface area contributed by atoms with Crippen molar-refractivity contribution in [3.63, 3.8) is 0 Å². The van der Waals surface area contributed by atoms with E-state index in [4.69, 9.17) is 5.26 Å². The number of sulfonamides is 1. The molecule has 1 fully saturated rings. The van der Waals surface area contributed by atoms with Gasteiger partial charge in [-0.1, -0.05) is 18.2 Å². The first-order chi connectivity index (χ1) is 13.0. The monoisotopic (exact) mass is 405 g/mol. The van der Waals surface area contributed by atoms with Crippen LogP contribution in [0.4, 0.5) is 5.00 Å². The van der Waals surface area contributed by atoms with E-state index in [0.29, 0.717) is 54.6 Å². The van der Waals surface area contributed by atoms with Gasteiger partial charge >= 0.3 is 0 Å². The molecule has 0 atom stereocenters. The Balaban J connectivity index is 1.47. The summed E-state index contributed by atoms with van der Waals surface area (Å²) in [6.45, 7) is 2.86. The molecule has 0 spiro atoms. The maximum atomic E-state index is 12.6. The lowest BCUT2D eigenvalue weighted by molar-refractivity contribution is -0.903. The van der Waals surface area contributed by atoms with Gasteiger partial charge in [0.25, 0.3) is 0 Å². The normalized spacial score (nSPS) is 16.0. The predicted octanol–water partition coefficient (Wildman–Crippen LogP) is 0.538. The molecule has 1 saturated heterocycles. The Bertz CT molecular complexity index is 927. The van der Waals surface area contributed by atoms with E-state index in [9.17, 15) is 13.2 Å². The van der Waals surface area contributed by atoms with Crippen molar-refractivity contribution in [3.8, 4) is 6.07 Å². The van der Waals surface area contributed by atoms with Gasteiger partial charge in [0.1, 0.15) is 11.1 Å². The number of hydrogen-bond donors (Lipinski definition) is 2. The van der Waals surface area contributed by atoms with Gasteiger partial charge in [-0.25, -0.2) is 8.42 Å². The molecule has 1 aromatic carbocycles. The maximum Gasteiger partial charge on any atom is 0.243 e. The van der Waals surface area contributed by atoms with E-state index in [-0.39, 0.29) is 5.91 Å². The molecular weight excluding hydrogens is 384 g/mol. The number of hydrogen-bond acceptors (Lipinski definition) is 5. The van der Waals surface area contributed by atoms with Crippen LogP contribution in [0.25, 0.3) is 0 Å². The average molecular weight is 406 g/mol. The molecule has 0 aliphatic carbocycles. The Kier molecular flexibility index (Phi) is 6.23. The number of benzene rings is 1. The standard InChI is InChI=1S/C18H20N4O3S2/c19-14-15-7-13-26-18(15)20-17(23)6-8-21-9-11-22(12-10-21)27(24,25)16-4-2-1-3-5-16/h1-5,7,13H,6,8-12H2,(H,20,23)/p+1. The summed E-state index contributed by atoms with van der Waals surface area (Å²) < 4.78 is 26.8. The fourth-order valence-electron chi connectivity index (χ4n) is 3.01. The van der Waals surface area contributed by atoms with E-state index in [1.807, 2.05) is 6.07 Å². The second-order valence-corrected chi connectivity index (χ2v) is 9.14. The van der Waals surface area contributed by atoms with E-state index in [2.05, 4.69) is 5.32 Å². The van der Waals surface area contributed by atoms with Crippen LogP contribution in [0.5, 0.6) is 0 Å². The molecule has 1 aliphatic heterocycles. The highest BCUT2D eigenvalue weighted by molar-refractivity contribution is 7.89. The SMILES string of the molecule is N#Cc1ccsc1NC(=O)CC[NH+]1CCN(S(=O)(=O)c2ccccc2)CC1. The number of anilines is 1. The minimum atomic E-state index is -3.45. The molecule has 1 aromatic heterocycles. The van der Waals surface area contributed by atoms with Crippen molar-refractivity contribution in [2.24, 2.45) is 0 Å². The summed E-state index contributed by atoms with van der Waals surface area (Å²) in [6, 6.07) is 12.2. The third kappa shape index (κ3) is 4.73. The number of nitrogens with zero attached hydrogens (tertiary/aromatic N) is 2. The van der Waals surface area contributed by atoms with Gasteiger partial charge in [0.2, 0.25) is 15.9 Å². The van der Waals surface area contributed by atoms with Crippen LogP contribution in [0, 0.1) is 11.3 Å². The number of nitrogens with one attached hydrogen (secondary N) is 2. The molecule has 0 saturated carbocycles. The number of amides is 1. The quantitative estimate of drug-likeness (QED) is 0.733. The van der Waals surface area contributed by atoms with Crippen LogP contribution in [0.2, 0.25) is 0 Å². The van der Waals surface area contributed by atoms with Crippen molar-refractivity contribution in [2.75, 3.05) is 38.0 Å². The minimum Gasteiger partial charge on any atom is -0.332 e. The van der Waals surface area contributed by atoms with Crippen LogP contribution in [0.1, 0.15) is 12.0 Å². The van der Waals surface area contributed by atoms with Gasteiger partial charge in [-0.05, 0) is 23.6 Å². The Hall–Kier alpha value is -2.25. The lowest BCUT2D eigenvalue weighted by Gasteiger charge is -2.31. The first kappa shape index (κ1) is 19.5. The predicted molar refractivity (Wildman–Crippen MR) is 103 cm³/mol. The number of piperazine rings is 1. The third-order valence-electron chi connectivity index (χ3n) is 4.55. The summed E-state index contributed by atoms with van der Waals surface area (Å²) in [5.41, 5.74) is 0.473. The zero-order chi connectivity index (χ0) is 19.3. The lowest BCUT2D eigenvalue weighted by atomic mass is 10.3. The van der Waals surface area contributed by atoms with Gasteiger partial charge < -0.3 is 10.2 Å². The number of quaternary nitrogens is 1. The van der Waals surface area contributed by atoms with Gasteiger partial charge in [0.05, 0.1) is 49.6 Å². The van der Waals surface area contributed by atoms with Gasteiger partial charge in [-0.15, -0.1) is 11.3 Å². The molecular formula is C18H21N4O3S2+. The topological polar surface area (TPSA) is 94.7 Å². The molecule has 0 radical (unpaired) electrons. The molecule has 1 amide bonds. The number of carbonyl (C=O) groups excluding carboxylic acids is 1. The molecule has 3 rings (SSSR count). The van der Waals surface area contributed by atoms with Crippen molar-refractivity contribution in [2.45, 2.75) is 11.3 Å². The van der Waals surface area contributed by atoms with Gasteiger partial charge in [0, 0.05) is 0 Å². The first-order valence-electron chi connectivity index (χ1n) is 8.67. The molecule has 2 N–H and O–H groups in total. The van der Waals surface area contributed by atoms with Crippen molar-refractivity contribution in [1.29, 1.82) is 5.26 Å². The third-order valence-corrected chi connectivity index (χ3v) is 7.30. The number of thiophene rings is 1. The Labute approximate surface area is 162 Å². The van der Waals surface area contributed by atoms with Crippen molar-refractivity contribution in [1.82, 2.24) is 4.31 Å². The highest BCUT2D eigenvalue weighted by atomic mass is 32.2. The summed E-state index contributed by atoms with van der Waals surface area (Å²) in [5.74, 6) is -0.124. The minimum absolute atomic E-state index is 0.124. The van der Waals surface area contributed by atoms with Crippen LogP contribution < -0.4 is 10.2 Å². The largest absolute Gasteiger partial charge is 0.332 e. The molecule has 0 bridgehead atoms. The molecule has 1 aliphatic rings.